The van der Waals surface area contributed by atoms with Crippen molar-refractivity contribution in [1.82, 2.24) is 0 Å². The highest BCUT2D eigenvalue weighted by atomic mass is 19.4. The van der Waals surface area contributed by atoms with Gasteiger partial charge >= 0.3 is 6.18 Å². The maximum atomic E-state index is 13.4. The Bertz CT molecular complexity index is 426. The van der Waals surface area contributed by atoms with Crippen LogP contribution in [0.3, 0.4) is 0 Å². The third kappa shape index (κ3) is 6.00. The van der Waals surface area contributed by atoms with Crippen molar-refractivity contribution in [3.05, 3.63) is 35.4 Å². The summed E-state index contributed by atoms with van der Waals surface area (Å²) in [5.74, 6) is -1.55. The second-order valence-corrected chi connectivity index (χ2v) is 4.88. The first-order valence-corrected chi connectivity index (χ1v) is 5.82. The van der Waals surface area contributed by atoms with Crippen LogP contribution < -0.4 is 0 Å². The van der Waals surface area contributed by atoms with Crippen LogP contribution in [-0.2, 0) is 6.42 Å². The third-order valence-corrected chi connectivity index (χ3v) is 2.76. The fourth-order valence-corrected chi connectivity index (χ4v) is 1.83. The Hall–Kier alpha value is -1.17. The van der Waals surface area contributed by atoms with Crippen LogP contribution >= 0.6 is 0 Å². The minimum absolute atomic E-state index is 0.0819. The van der Waals surface area contributed by atoms with E-state index in [0.29, 0.717) is 6.07 Å². The maximum absolute atomic E-state index is 13.4. The molecule has 0 aromatic heterocycles. The van der Waals surface area contributed by atoms with Crippen molar-refractivity contribution >= 4 is 0 Å². The lowest BCUT2D eigenvalue weighted by atomic mass is 9.91. The highest BCUT2D eigenvalue weighted by Crippen LogP contribution is 2.27. The maximum Gasteiger partial charge on any atom is 0.389 e. The van der Waals surface area contributed by atoms with Crippen LogP contribution in [-0.4, -0.2) is 16.9 Å². The Balaban J connectivity index is 2.58. The normalized spacial score (nSPS) is 15.3. The molecule has 0 bridgehead atoms. The zero-order valence-corrected chi connectivity index (χ0v) is 10.4. The molecule has 0 saturated carbocycles. The molecule has 1 N–H and O–H groups in total. The molecule has 0 radical (unpaired) electrons. The Labute approximate surface area is 108 Å². The smallest absolute Gasteiger partial charge is 0.389 e. The van der Waals surface area contributed by atoms with E-state index in [0.717, 1.165) is 6.07 Å². The van der Waals surface area contributed by atoms with Gasteiger partial charge in [-0.15, -0.1) is 0 Å². The van der Waals surface area contributed by atoms with Crippen LogP contribution in [0.1, 0.15) is 31.7 Å². The number of hydrogen-bond acceptors (Lipinski definition) is 1. The SMILES string of the molecule is CC(O)(CCCC(F)(F)F)Cc1ccc(F)cc1F. The summed E-state index contributed by atoms with van der Waals surface area (Å²) in [7, 11) is 0. The van der Waals surface area contributed by atoms with Crippen molar-refractivity contribution in [3.63, 3.8) is 0 Å². The molecule has 1 unspecified atom stereocenters. The van der Waals surface area contributed by atoms with Gasteiger partial charge in [-0.05, 0) is 31.4 Å². The quantitative estimate of drug-likeness (QED) is 0.810. The molecule has 0 aliphatic rings. The van der Waals surface area contributed by atoms with Crippen LogP contribution in [0.5, 0.6) is 0 Å². The lowest BCUT2D eigenvalue weighted by Gasteiger charge is -2.24. The molecule has 1 rings (SSSR count). The molecule has 0 saturated heterocycles. The van der Waals surface area contributed by atoms with Crippen LogP contribution in [0.2, 0.25) is 0 Å². The van der Waals surface area contributed by atoms with E-state index in [1.54, 1.807) is 0 Å². The molecular weight excluding hydrogens is 267 g/mol. The highest BCUT2D eigenvalue weighted by Gasteiger charge is 2.29. The van der Waals surface area contributed by atoms with E-state index in [1.165, 1.54) is 13.0 Å². The van der Waals surface area contributed by atoms with Gasteiger partial charge < -0.3 is 5.11 Å². The van der Waals surface area contributed by atoms with Gasteiger partial charge in [0.15, 0.2) is 0 Å². The van der Waals surface area contributed by atoms with Gasteiger partial charge in [0.05, 0.1) is 5.60 Å². The lowest BCUT2D eigenvalue weighted by molar-refractivity contribution is -0.137. The van der Waals surface area contributed by atoms with Gasteiger partial charge in [-0.1, -0.05) is 6.07 Å². The van der Waals surface area contributed by atoms with Crippen molar-refractivity contribution in [3.8, 4) is 0 Å². The van der Waals surface area contributed by atoms with Gasteiger partial charge in [-0.2, -0.15) is 13.2 Å². The molecule has 1 aromatic carbocycles. The molecule has 0 aliphatic heterocycles. The fourth-order valence-electron chi connectivity index (χ4n) is 1.83. The summed E-state index contributed by atoms with van der Waals surface area (Å²) >= 11 is 0. The predicted octanol–water partition coefficient (Wildman–Crippen LogP) is 3.99. The summed E-state index contributed by atoms with van der Waals surface area (Å²) in [5.41, 5.74) is -1.37. The molecule has 0 heterocycles. The number of rotatable bonds is 5. The Kier molecular flexibility index (Phi) is 4.90. The first-order valence-electron chi connectivity index (χ1n) is 5.82. The van der Waals surface area contributed by atoms with Gasteiger partial charge in [0.2, 0.25) is 0 Å². The average molecular weight is 282 g/mol. The van der Waals surface area contributed by atoms with E-state index < -0.39 is 29.8 Å². The summed E-state index contributed by atoms with van der Waals surface area (Å²) in [6.45, 7) is 1.34. The Morgan fingerprint density at radius 2 is 1.74 bits per heavy atom. The number of hydrogen-bond donors (Lipinski definition) is 1. The van der Waals surface area contributed by atoms with Crippen LogP contribution in [0.15, 0.2) is 18.2 Å². The topological polar surface area (TPSA) is 20.2 Å². The molecule has 108 valence electrons. The van der Waals surface area contributed by atoms with Crippen molar-refractivity contribution in [2.45, 2.75) is 44.4 Å². The van der Waals surface area contributed by atoms with Crippen LogP contribution in [0, 0.1) is 11.6 Å². The summed E-state index contributed by atoms with van der Waals surface area (Å²) in [4.78, 5) is 0. The van der Waals surface area contributed by atoms with Crippen molar-refractivity contribution in [2.24, 2.45) is 0 Å². The second kappa shape index (κ2) is 5.86. The average Bonchev–Trinajstić information content (AvgIpc) is 2.20. The molecule has 19 heavy (non-hydrogen) atoms. The van der Waals surface area contributed by atoms with Crippen molar-refractivity contribution < 1.29 is 27.1 Å². The number of aliphatic hydroxyl groups is 1. The van der Waals surface area contributed by atoms with Crippen molar-refractivity contribution in [1.29, 1.82) is 0 Å². The van der Waals surface area contributed by atoms with Gasteiger partial charge in [0.25, 0.3) is 0 Å². The van der Waals surface area contributed by atoms with E-state index >= 15 is 0 Å². The Morgan fingerprint density at radius 3 is 2.26 bits per heavy atom. The summed E-state index contributed by atoms with van der Waals surface area (Å²) in [6.07, 6.45) is -5.76. The standard InChI is InChI=1S/C13H15F5O/c1-12(19,5-2-6-13(16,17)18)8-9-3-4-10(14)7-11(9)15/h3-4,7,19H,2,5-6,8H2,1H3. The number of halogens is 5. The fraction of sp³-hybridized carbons (Fsp3) is 0.538. The minimum atomic E-state index is -4.27. The molecule has 1 atom stereocenters. The molecule has 0 fully saturated rings. The molecular formula is C13H15F5O. The zero-order chi connectivity index (χ0) is 14.7. The van der Waals surface area contributed by atoms with Gasteiger partial charge in [-0.3, -0.25) is 0 Å². The third-order valence-electron chi connectivity index (χ3n) is 2.76. The number of benzene rings is 1. The van der Waals surface area contributed by atoms with Gasteiger partial charge in [0, 0.05) is 18.9 Å². The van der Waals surface area contributed by atoms with E-state index in [2.05, 4.69) is 0 Å². The number of alkyl halides is 3. The molecule has 1 aromatic rings. The first kappa shape index (κ1) is 15.9. The molecule has 0 spiro atoms. The van der Waals surface area contributed by atoms with E-state index in [4.69, 9.17) is 0 Å². The monoisotopic (exact) mass is 282 g/mol. The Morgan fingerprint density at radius 1 is 1.11 bits per heavy atom. The molecule has 0 aliphatic carbocycles. The van der Waals surface area contributed by atoms with Crippen LogP contribution in [0.4, 0.5) is 22.0 Å². The summed E-state index contributed by atoms with van der Waals surface area (Å²) in [6, 6.07) is 2.91. The molecule has 0 amide bonds. The van der Waals surface area contributed by atoms with E-state index in [-0.39, 0.29) is 24.8 Å². The van der Waals surface area contributed by atoms with Crippen molar-refractivity contribution in [2.75, 3.05) is 0 Å². The minimum Gasteiger partial charge on any atom is -0.390 e. The van der Waals surface area contributed by atoms with E-state index in [1.807, 2.05) is 0 Å². The van der Waals surface area contributed by atoms with Gasteiger partial charge in [-0.25, -0.2) is 8.78 Å². The summed E-state index contributed by atoms with van der Waals surface area (Å²) in [5, 5.41) is 9.93. The van der Waals surface area contributed by atoms with Crippen LogP contribution in [0.25, 0.3) is 0 Å². The van der Waals surface area contributed by atoms with Gasteiger partial charge in [0.1, 0.15) is 11.6 Å². The first-order chi connectivity index (χ1) is 8.59. The molecule has 1 nitrogen and oxygen atoms in total. The summed E-state index contributed by atoms with van der Waals surface area (Å²) < 4.78 is 62.0. The predicted molar refractivity (Wildman–Crippen MR) is 60.6 cm³/mol. The molecule has 6 heteroatoms. The zero-order valence-electron chi connectivity index (χ0n) is 10.4. The second-order valence-electron chi connectivity index (χ2n) is 4.88. The van der Waals surface area contributed by atoms with E-state index in [9.17, 15) is 27.1 Å². The highest BCUT2D eigenvalue weighted by molar-refractivity contribution is 5.20. The lowest BCUT2D eigenvalue weighted by Crippen LogP contribution is -2.28. The largest absolute Gasteiger partial charge is 0.390 e.